The van der Waals surface area contributed by atoms with E-state index in [1.165, 1.54) is 11.3 Å². The third-order valence-corrected chi connectivity index (χ3v) is 8.29. The van der Waals surface area contributed by atoms with Crippen LogP contribution in [-0.2, 0) is 21.3 Å². The molecule has 200 valence electrons. The van der Waals surface area contributed by atoms with E-state index >= 15 is 0 Å². The van der Waals surface area contributed by atoms with Crippen LogP contribution in [0.2, 0.25) is 0 Å². The molecule has 0 saturated carbocycles. The zero-order valence-electron chi connectivity index (χ0n) is 21.5. The van der Waals surface area contributed by atoms with E-state index in [1.54, 1.807) is 12.1 Å². The van der Waals surface area contributed by atoms with E-state index in [4.69, 9.17) is 10.1 Å². The van der Waals surface area contributed by atoms with Crippen molar-refractivity contribution in [1.82, 2.24) is 10.0 Å². The first-order valence-corrected chi connectivity index (χ1v) is 14.7. The van der Waals surface area contributed by atoms with Gasteiger partial charge < -0.3 is 20.3 Å². The van der Waals surface area contributed by atoms with E-state index in [0.29, 0.717) is 30.9 Å². The standard InChI is InChI=1S/C28H33N5O3S2/c1-33(2)25-11-4-10-24-23(25)9-5-13-27(24)38(34,35)31-15-17-36-16-14-30-20-21-7-3-8-22(19-21)32-28(29)26-12-6-18-37-26/h3-13,18-19,30-31H,14-17,20H2,1-2H3,(H2,29,32). The van der Waals surface area contributed by atoms with Crippen molar-refractivity contribution in [2.45, 2.75) is 11.4 Å². The Hall–Kier alpha value is -3.28. The molecule has 0 unspecified atom stereocenters. The average molecular weight is 552 g/mol. The minimum atomic E-state index is -3.67. The van der Waals surface area contributed by atoms with E-state index in [0.717, 1.165) is 27.2 Å². The van der Waals surface area contributed by atoms with Crippen LogP contribution in [0.25, 0.3) is 10.8 Å². The Morgan fingerprint density at radius 2 is 1.71 bits per heavy atom. The molecule has 0 aliphatic rings. The molecule has 0 amide bonds. The van der Waals surface area contributed by atoms with Crippen LogP contribution in [0, 0.1) is 5.41 Å². The summed E-state index contributed by atoms with van der Waals surface area (Å²) in [5, 5.41) is 18.2. The molecule has 8 nitrogen and oxygen atoms in total. The van der Waals surface area contributed by atoms with Crippen LogP contribution < -0.4 is 20.3 Å². The second-order valence-electron chi connectivity index (χ2n) is 8.89. The topological polar surface area (TPSA) is 107 Å². The largest absolute Gasteiger partial charge is 0.379 e. The van der Waals surface area contributed by atoms with Crippen molar-refractivity contribution in [3.63, 3.8) is 0 Å². The average Bonchev–Trinajstić information content (AvgIpc) is 3.45. The third-order valence-electron chi connectivity index (χ3n) is 5.89. The van der Waals surface area contributed by atoms with Gasteiger partial charge in [-0.1, -0.05) is 42.5 Å². The number of sulfonamides is 1. The quantitative estimate of drug-likeness (QED) is 0.111. The van der Waals surface area contributed by atoms with Crippen molar-refractivity contribution < 1.29 is 13.2 Å². The summed E-state index contributed by atoms with van der Waals surface area (Å²) in [5.41, 5.74) is 2.93. The zero-order chi connectivity index (χ0) is 27.0. The van der Waals surface area contributed by atoms with Gasteiger partial charge >= 0.3 is 0 Å². The highest BCUT2D eigenvalue weighted by Gasteiger charge is 2.18. The van der Waals surface area contributed by atoms with Gasteiger partial charge in [-0.05, 0) is 41.3 Å². The van der Waals surface area contributed by atoms with Crippen molar-refractivity contribution >= 4 is 49.3 Å². The molecule has 0 fully saturated rings. The molecule has 38 heavy (non-hydrogen) atoms. The maximum atomic E-state index is 13.0. The van der Waals surface area contributed by atoms with Crippen LogP contribution in [0.3, 0.4) is 0 Å². The Bertz CT molecular complexity index is 1470. The first kappa shape index (κ1) is 27.7. The van der Waals surface area contributed by atoms with Gasteiger partial charge in [-0.15, -0.1) is 11.3 Å². The molecule has 0 aliphatic carbocycles. The molecule has 0 atom stereocenters. The predicted molar refractivity (Wildman–Crippen MR) is 157 cm³/mol. The highest BCUT2D eigenvalue weighted by atomic mass is 32.2. The van der Waals surface area contributed by atoms with Crippen molar-refractivity contribution in [2.24, 2.45) is 0 Å². The lowest BCUT2D eigenvalue weighted by Gasteiger charge is -2.17. The fourth-order valence-corrected chi connectivity index (χ4v) is 5.94. The number of hydrogen-bond donors (Lipinski definition) is 4. The van der Waals surface area contributed by atoms with Crippen molar-refractivity contribution in [1.29, 1.82) is 5.41 Å². The Labute approximate surface area is 228 Å². The number of ether oxygens (including phenoxy) is 1. The Kier molecular flexibility index (Phi) is 9.48. The number of fused-ring (bicyclic) bond motifs is 1. The molecule has 0 radical (unpaired) electrons. The van der Waals surface area contributed by atoms with Gasteiger partial charge in [0.15, 0.2) is 0 Å². The van der Waals surface area contributed by atoms with E-state index in [9.17, 15) is 8.42 Å². The van der Waals surface area contributed by atoms with Crippen molar-refractivity contribution in [3.8, 4) is 0 Å². The van der Waals surface area contributed by atoms with Gasteiger partial charge in [0.1, 0.15) is 5.84 Å². The van der Waals surface area contributed by atoms with Crippen LogP contribution in [0.5, 0.6) is 0 Å². The highest BCUT2D eigenvalue weighted by molar-refractivity contribution is 7.89. The maximum Gasteiger partial charge on any atom is 0.241 e. The van der Waals surface area contributed by atoms with Gasteiger partial charge in [0.2, 0.25) is 10.0 Å². The third kappa shape index (κ3) is 7.18. The second kappa shape index (κ2) is 13.0. The molecule has 1 aromatic heterocycles. The fraction of sp³-hybridized carbons (Fsp3) is 0.250. The molecule has 4 N–H and O–H groups in total. The summed E-state index contributed by atoms with van der Waals surface area (Å²) in [6, 6.07) is 22.8. The van der Waals surface area contributed by atoms with Gasteiger partial charge in [-0.25, -0.2) is 13.1 Å². The number of amidine groups is 1. The number of anilines is 2. The Balaban J connectivity index is 1.18. The summed E-state index contributed by atoms with van der Waals surface area (Å²) in [5.74, 6) is 0.382. The monoisotopic (exact) mass is 551 g/mol. The fourth-order valence-electron chi connectivity index (χ4n) is 4.08. The number of hydrogen-bond acceptors (Lipinski definition) is 7. The lowest BCUT2D eigenvalue weighted by Crippen LogP contribution is -2.28. The van der Waals surface area contributed by atoms with Crippen LogP contribution >= 0.6 is 11.3 Å². The smallest absolute Gasteiger partial charge is 0.241 e. The summed E-state index contributed by atoms with van der Waals surface area (Å²) in [7, 11) is 0.204. The van der Waals surface area contributed by atoms with Gasteiger partial charge in [0.25, 0.3) is 0 Å². The minimum absolute atomic E-state index is 0.190. The molecule has 3 aromatic carbocycles. The van der Waals surface area contributed by atoms with Crippen LogP contribution in [0.1, 0.15) is 10.4 Å². The van der Waals surface area contributed by atoms with Crippen molar-refractivity contribution in [2.75, 3.05) is 50.6 Å². The van der Waals surface area contributed by atoms with Gasteiger partial charge in [-0.2, -0.15) is 0 Å². The minimum Gasteiger partial charge on any atom is -0.379 e. The van der Waals surface area contributed by atoms with Gasteiger partial charge in [0, 0.05) is 55.9 Å². The summed E-state index contributed by atoms with van der Waals surface area (Å²) < 4.78 is 34.2. The number of benzene rings is 3. The molecule has 1 heterocycles. The molecule has 0 bridgehead atoms. The molecular weight excluding hydrogens is 518 g/mol. The van der Waals surface area contributed by atoms with Gasteiger partial charge in [-0.3, -0.25) is 5.41 Å². The highest BCUT2D eigenvalue weighted by Crippen LogP contribution is 2.30. The normalized spacial score (nSPS) is 11.5. The van der Waals surface area contributed by atoms with E-state index in [1.807, 2.05) is 85.0 Å². The summed E-state index contributed by atoms with van der Waals surface area (Å²) in [6.07, 6.45) is 0. The lowest BCUT2D eigenvalue weighted by atomic mass is 10.1. The Morgan fingerprint density at radius 1 is 0.947 bits per heavy atom. The van der Waals surface area contributed by atoms with Gasteiger partial charge in [0.05, 0.1) is 23.0 Å². The number of rotatable bonds is 13. The molecular formula is C28H33N5O3S2. The van der Waals surface area contributed by atoms with E-state index in [2.05, 4.69) is 15.4 Å². The molecule has 4 rings (SSSR count). The van der Waals surface area contributed by atoms with Crippen molar-refractivity contribution in [3.05, 3.63) is 88.6 Å². The first-order valence-electron chi connectivity index (χ1n) is 12.3. The molecule has 0 spiro atoms. The lowest BCUT2D eigenvalue weighted by molar-refractivity contribution is 0.141. The molecule has 0 saturated heterocycles. The van der Waals surface area contributed by atoms with E-state index in [-0.39, 0.29) is 18.0 Å². The second-order valence-corrected chi connectivity index (χ2v) is 11.6. The Morgan fingerprint density at radius 3 is 2.50 bits per heavy atom. The predicted octanol–water partition coefficient (Wildman–Crippen LogP) is 4.49. The number of thiophene rings is 1. The number of nitrogens with one attached hydrogen (secondary N) is 4. The van der Waals surface area contributed by atoms with Crippen LogP contribution in [0.4, 0.5) is 11.4 Å². The molecule has 0 aliphatic heterocycles. The van der Waals surface area contributed by atoms with Crippen LogP contribution in [-0.4, -0.2) is 54.7 Å². The zero-order valence-corrected chi connectivity index (χ0v) is 23.2. The summed E-state index contributed by atoms with van der Waals surface area (Å²) in [4.78, 5) is 3.13. The molecule has 4 aromatic rings. The molecule has 10 heteroatoms. The summed E-state index contributed by atoms with van der Waals surface area (Å²) >= 11 is 1.53. The van der Waals surface area contributed by atoms with Crippen LogP contribution in [0.15, 0.2) is 83.1 Å². The summed E-state index contributed by atoms with van der Waals surface area (Å²) in [6.45, 7) is 2.22. The first-order chi connectivity index (χ1) is 18.3. The number of nitrogens with zero attached hydrogens (tertiary/aromatic N) is 1. The van der Waals surface area contributed by atoms with E-state index < -0.39 is 10.0 Å². The SMILES string of the molecule is CN(C)c1cccc2c(S(=O)(=O)NCCOCCNCc3cccc(NC(=N)c4cccs4)c3)cccc12. The maximum absolute atomic E-state index is 13.0.